The lowest BCUT2D eigenvalue weighted by Gasteiger charge is -2.12. The second-order valence-electron chi connectivity index (χ2n) is 6.34. The van der Waals surface area contributed by atoms with Gasteiger partial charge in [0.15, 0.2) is 0 Å². The van der Waals surface area contributed by atoms with Crippen LogP contribution in [0.3, 0.4) is 0 Å². The number of nitrogens with zero attached hydrogens (tertiary/aromatic N) is 3. The lowest BCUT2D eigenvalue weighted by Crippen LogP contribution is -2.29. The molecule has 0 saturated heterocycles. The average molecular weight is 399 g/mol. The first-order valence-electron chi connectivity index (χ1n) is 8.64. The molecule has 1 amide bonds. The van der Waals surface area contributed by atoms with Gasteiger partial charge in [0.2, 0.25) is 6.10 Å². The van der Waals surface area contributed by atoms with Gasteiger partial charge in [0.25, 0.3) is 5.91 Å². The topological polar surface area (TPSA) is 68.5 Å². The Balaban J connectivity index is 1.40. The molecule has 0 aliphatic carbocycles. The Morgan fingerprint density at radius 2 is 2.07 bits per heavy atom. The van der Waals surface area contributed by atoms with Crippen LogP contribution in [-0.4, -0.2) is 27.5 Å². The number of nitrogens with one attached hydrogen (secondary N) is 1. The van der Waals surface area contributed by atoms with Crippen LogP contribution in [0.15, 0.2) is 65.9 Å². The van der Waals surface area contributed by atoms with Gasteiger partial charge in [-0.1, -0.05) is 41.0 Å². The number of halogens is 2. The number of carbonyl (C=O) groups is 1. The van der Waals surface area contributed by atoms with Gasteiger partial charge in [-0.25, -0.2) is 9.07 Å². The highest BCUT2D eigenvalue weighted by atomic mass is 35.5. The summed E-state index contributed by atoms with van der Waals surface area (Å²) in [6.45, 7) is 0.482. The molecular formula is C20H16ClFN4O2. The summed E-state index contributed by atoms with van der Waals surface area (Å²) in [5, 5.41) is 11.6. The van der Waals surface area contributed by atoms with Crippen molar-refractivity contribution in [2.24, 2.45) is 5.16 Å². The number of oxime groups is 1. The zero-order chi connectivity index (χ0) is 19.5. The van der Waals surface area contributed by atoms with Gasteiger partial charge >= 0.3 is 0 Å². The third-order valence-electron chi connectivity index (χ3n) is 4.33. The number of hydrogen-bond acceptors (Lipinski definition) is 4. The number of aromatic nitrogens is 2. The Bertz CT molecular complexity index is 1030. The van der Waals surface area contributed by atoms with Crippen molar-refractivity contribution in [2.75, 3.05) is 5.32 Å². The number of rotatable bonds is 5. The van der Waals surface area contributed by atoms with E-state index in [1.807, 2.05) is 12.1 Å². The van der Waals surface area contributed by atoms with Crippen molar-refractivity contribution < 1.29 is 14.0 Å². The fraction of sp³-hybridized carbons (Fsp3) is 0.150. The lowest BCUT2D eigenvalue weighted by atomic mass is 10.0. The molecule has 142 valence electrons. The molecule has 0 fully saturated rings. The van der Waals surface area contributed by atoms with Crippen LogP contribution in [0.25, 0.3) is 0 Å². The Labute approximate surface area is 165 Å². The summed E-state index contributed by atoms with van der Waals surface area (Å²) in [6, 6.07) is 15.1. The summed E-state index contributed by atoms with van der Waals surface area (Å²) >= 11 is 5.91. The van der Waals surface area contributed by atoms with Crippen molar-refractivity contribution in [2.45, 2.75) is 19.1 Å². The minimum atomic E-state index is -0.780. The van der Waals surface area contributed by atoms with Crippen LogP contribution in [0, 0.1) is 5.82 Å². The van der Waals surface area contributed by atoms with Crippen LogP contribution in [0.2, 0.25) is 5.02 Å². The van der Waals surface area contributed by atoms with Crippen LogP contribution in [0.1, 0.15) is 17.5 Å². The quantitative estimate of drug-likeness (QED) is 0.709. The average Bonchev–Trinajstić information content (AvgIpc) is 3.34. The molecular weight excluding hydrogens is 383 g/mol. The number of amides is 1. The first kappa shape index (κ1) is 18.2. The molecule has 2 aromatic carbocycles. The lowest BCUT2D eigenvalue weighted by molar-refractivity contribution is -0.125. The van der Waals surface area contributed by atoms with Gasteiger partial charge in [0.05, 0.1) is 18.5 Å². The molecule has 1 atom stereocenters. The number of hydrogen-bond donors (Lipinski definition) is 1. The smallest absolute Gasteiger partial charge is 0.269 e. The second kappa shape index (κ2) is 7.82. The normalized spacial score (nSPS) is 15.8. The highest BCUT2D eigenvalue weighted by Gasteiger charge is 2.29. The van der Waals surface area contributed by atoms with E-state index in [4.69, 9.17) is 16.4 Å². The number of anilines is 1. The van der Waals surface area contributed by atoms with Crippen molar-refractivity contribution in [3.8, 4) is 0 Å². The van der Waals surface area contributed by atoms with Crippen LogP contribution in [-0.2, 0) is 16.2 Å². The molecule has 2 heterocycles. The van der Waals surface area contributed by atoms with E-state index in [0.717, 1.165) is 5.56 Å². The van der Waals surface area contributed by atoms with E-state index in [9.17, 15) is 9.18 Å². The maximum absolute atomic E-state index is 13.4. The molecule has 0 saturated carbocycles. The molecule has 1 aliphatic heterocycles. The Morgan fingerprint density at radius 3 is 2.86 bits per heavy atom. The molecule has 1 aromatic heterocycles. The van der Waals surface area contributed by atoms with E-state index < -0.39 is 6.10 Å². The molecule has 4 rings (SSSR count). The van der Waals surface area contributed by atoms with Gasteiger partial charge in [-0.15, -0.1) is 0 Å². The predicted octanol–water partition coefficient (Wildman–Crippen LogP) is 3.86. The summed E-state index contributed by atoms with van der Waals surface area (Å²) < 4.78 is 15.1. The van der Waals surface area contributed by atoms with Crippen LogP contribution in [0.4, 0.5) is 10.2 Å². The Kier molecular flexibility index (Phi) is 5.08. The molecule has 0 radical (unpaired) electrons. The summed E-state index contributed by atoms with van der Waals surface area (Å²) in [5.74, 6) is -0.157. The maximum Gasteiger partial charge on any atom is 0.269 e. The minimum Gasteiger partial charge on any atom is -0.382 e. The van der Waals surface area contributed by atoms with Crippen LogP contribution < -0.4 is 5.32 Å². The van der Waals surface area contributed by atoms with E-state index in [2.05, 4.69) is 15.6 Å². The first-order valence-corrected chi connectivity index (χ1v) is 9.02. The maximum atomic E-state index is 13.4. The van der Waals surface area contributed by atoms with E-state index in [1.165, 1.54) is 12.1 Å². The molecule has 6 nitrogen and oxygen atoms in total. The van der Waals surface area contributed by atoms with Crippen molar-refractivity contribution in [3.05, 3.63) is 82.8 Å². The second-order valence-corrected chi connectivity index (χ2v) is 6.77. The molecule has 8 heteroatoms. The number of carbonyl (C=O) groups excluding carboxylic acids is 1. The van der Waals surface area contributed by atoms with Gasteiger partial charge < -0.3 is 10.2 Å². The molecule has 3 aromatic rings. The summed E-state index contributed by atoms with van der Waals surface area (Å²) in [7, 11) is 0. The predicted molar refractivity (Wildman–Crippen MR) is 104 cm³/mol. The molecule has 0 unspecified atom stereocenters. The van der Waals surface area contributed by atoms with Gasteiger partial charge in [-0.3, -0.25) is 4.79 Å². The first-order chi connectivity index (χ1) is 13.6. The third kappa shape index (κ3) is 4.04. The van der Waals surface area contributed by atoms with Crippen molar-refractivity contribution >= 4 is 29.0 Å². The van der Waals surface area contributed by atoms with Gasteiger partial charge in [-0.2, -0.15) is 5.10 Å². The Morgan fingerprint density at radius 1 is 1.25 bits per heavy atom. The van der Waals surface area contributed by atoms with Crippen LogP contribution in [0.5, 0.6) is 0 Å². The standard InChI is InChI=1S/C20H16ClFN4O2/c21-15-6-4-13(5-7-15)12-26-19(8-9-23-26)24-20(27)18-11-17(25-28-18)14-2-1-3-16(22)10-14/h1-10,18H,11-12H2,(H,24,27)/t18-/m1/s1. The monoisotopic (exact) mass is 398 g/mol. The molecule has 0 bridgehead atoms. The Hall–Kier alpha value is -3.19. The summed E-state index contributed by atoms with van der Waals surface area (Å²) in [5.41, 5.74) is 2.13. The fourth-order valence-corrected chi connectivity index (χ4v) is 3.02. The van der Waals surface area contributed by atoms with Gasteiger partial charge in [0.1, 0.15) is 11.6 Å². The SMILES string of the molecule is O=C(Nc1ccnn1Cc1ccc(Cl)cc1)[C@H]1CC(c2cccc(F)c2)=NO1. The fourth-order valence-electron chi connectivity index (χ4n) is 2.89. The minimum absolute atomic E-state index is 0.264. The molecule has 1 aliphatic rings. The van der Waals surface area contributed by atoms with E-state index in [-0.39, 0.29) is 18.1 Å². The summed E-state index contributed by atoms with van der Waals surface area (Å²) in [6.07, 6.45) is 1.09. The largest absolute Gasteiger partial charge is 0.382 e. The highest BCUT2D eigenvalue weighted by Crippen LogP contribution is 2.20. The molecule has 1 N–H and O–H groups in total. The highest BCUT2D eigenvalue weighted by molar-refractivity contribution is 6.30. The van der Waals surface area contributed by atoms with E-state index in [0.29, 0.717) is 28.7 Å². The van der Waals surface area contributed by atoms with Crippen molar-refractivity contribution in [3.63, 3.8) is 0 Å². The van der Waals surface area contributed by atoms with Gasteiger partial charge in [-0.05, 0) is 29.8 Å². The van der Waals surface area contributed by atoms with Crippen molar-refractivity contribution in [1.82, 2.24) is 9.78 Å². The third-order valence-corrected chi connectivity index (χ3v) is 4.58. The molecule has 0 spiro atoms. The van der Waals surface area contributed by atoms with Crippen LogP contribution >= 0.6 is 11.6 Å². The number of benzene rings is 2. The van der Waals surface area contributed by atoms with Crippen molar-refractivity contribution in [1.29, 1.82) is 0 Å². The zero-order valence-corrected chi connectivity index (χ0v) is 15.4. The molecule has 28 heavy (non-hydrogen) atoms. The van der Waals surface area contributed by atoms with E-state index in [1.54, 1.807) is 41.2 Å². The zero-order valence-electron chi connectivity index (χ0n) is 14.7. The summed E-state index contributed by atoms with van der Waals surface area (Å²) in [4.78, 5) is 17.8. The van der Waals surface area contributed by atoms with E-state index >= 15 is 0 Å². The van der Waals surface area contributed by atoms with Gasteiger partial charge in [0, 0.05) is 23.1 Å².